The maximum atomic E-state index is 12.7. The molecule has 1 aromatic rings. The Morgan fingerprint density at radius 2 is 1.68 bits per heavy atom. The summed E-state index contributed by atoms with van der Waals surface area (Å²) in [5, 5.41) is 5.47. The Bertz CT molecular complexity index is 672. The van der Waals surface area contributed by atoms with E-state index >= 15 is 0 Å². The molecular weight excluding hydrogens is 372 g/mol. The summed E-state index contributed by atoms with van der Waals surface area (Å²) in [6.45, 7) is 3.64. The third kappa shape index (κ3) is 4.92. The molecule has 3 fully saturated rings. The Hall–Kier alpha value is -1.47. The number of rotatable bonds is 5. The van der Waals surface area contributed by atoms with Gasteiger partial charge >= 0.3 is 0 Å². The highest BCUT2D eigenvalue weighted by Crippen LogP contribution is 2.27. The first-order valence-electron chi connectivity index (χ1n) is 11.0. The van der Waals surface area contributed by atoms with Crippen LogP contribution in [0.2, 0.25) is 0 Å². The van der Waals surface area contributed by atoms with Crippen molar-refractivity contribution in [3.63, 3.8) is 0 Å². The Labute approximate surface area is 171 Å². The fourth-order valence-corrected chi connectivity index (χ4v) is 5.60. The van der Waals surface area contributed by atoms with E-state index in [1.807, 2.05) is 10.3 Å². The summed E-state index contributed by atoms with van der Waals surface area (Å²) >= 11 is 1.42. The molecule has 0 bridgehead atoms. The highest BCUT2D eigenvalue weighted by atomic mass is 32.1. The minimum atomic E-state index is 0.0866. The molecule has 28 heavy (non-hydrogen) atoms. The fraction of sp³-hybridized carbons (Fsp3) is 0.762. The van der Waals surface area contributed by atoms with Crippen molar-refractivity contribution < 1.29 is 9.59 Å². The number of aromatic nitrogens is 1. The molecule has 7 heteroatoms. The van der Waals surface area contributed by atoms with Crippen molar-refractivity contribution in [1.82, 2.24) is 14.8 Å². The lowest BCUT2D eigenvalue weighted by Crippen LogP contribution is -2.52. The number of nitrogens with one attached hydrogen (secondary N) is 1. The number of carbonyl (C=O) groups excluding carboxylic acids is 2. The van der Waals surface area contributed by atoms with Crippen LogP contribution in [0.4, 0.5) is 5.13 Å². The molecule has 3 aliphatic rings. The van der Waals surface area contributed by atoms with E-state index in [0.717, 1.165) is 63.6 Å². The molecule has 0 spiro atoms. The van der Waals surface area contributed by atoms with Crippen molar-refractivity contribution in [1.29, 1.82) is 0 Å². The molecule has 2 amide bonds. The zero-order valence-electron chi connectivity index (χ0n) is 16.7. The van der Waals surface area contributed by atoms with E-state index in [0.29, 0.717) is 11.6 Å². The second-order valence-corrected chi connectivity index (χ2v) is 9.36. The number of hydrogen-bond acceptors (Lipinski definition) is 5. The molecule has 0 atom stereocenters. The van der Waals surface area contributed by atoms with Gasteiger partial charge in [0.1, 0.15) is 0 Å². The second kappa shape index (κ2) is 9.35. The molecule has 4 rings (SSSR count). The molecule has 0 unspecified atom stereocenters. The van der Waals surface area contributed by atoms with E-state index in [1.54, 1.807) is 0 Å². The highest BCUT2D eigenvalue weighted by Gasteiger charge is 2.27. The molecule has 154 valence electrons. The summed E-state index contributed by atoms with van der Waals surface area (Å²) in [5.74, 6) is 0.375. The zero-order valence-corrected chi connectivity index (χ0v) is 17.5. The van der Waals surface area contributed by atoms with Crippen molar-refractivity contribution in [2.45, 2.75) is 70.3 Å². The third-order valence-electron chi connectivity index (χ3n) is 6.60. The van der Waals surface area contributed by atoms with Gasteiger partial charge in [0.2, 0.25) is 11.8 Å². The molecule has 6 nitrogen and oxygen atoms in total. The molecule has 1 saturated heterocycles. The zero-order chi connectivity index (χ0) is 19.3. The van der Waals surface area contributed by atoms with Crippen molar-refractivity contribution in [2.75, 3.05) is 31.5 Å². The molecule has 2 saturated carbocycles. The molecule has 1 aliphatic heterocycles. The van der Waals surface area contributed by atoms with Crippen LogP contribution >= 0.6 is 11.3 Å². The van der Waals surface area contributed by atoms with Gasteiger partial charge in [0.25, 0.3) is 0 Å². The van der Waals surface area contributed by atoms with Crippen LogP contribution in [-0.4, -0.2) is 58.8 Å². The van der Waals surface area contributed by atoms with Crippen molar-refractivity contribution in [3.05, 3.63) is 11.1 Å². The first-order chi connectivity index (χ1) is 13.7. The Kier molecular flexibility index (Phi) is 6.62. The number of piperazine rings is 1. The van der Waals surface area contributed by atoms with Gasteiger partial charge < -0.3 is 10.2 Å². The van der Waals surface area contributed by atoms with Gasteiger partial charge in [-0.2, -0.15) is 0 Å². The van der Waals surface area contributed by atoms with E-state index in [9.17, 15) is 9.59 Å². The minimum Gasteiger partial charge on any atom is -0.340 e. The minimum absolute atomic E-state index is 0.0866. The molecular formula is C21H32N4O2S. The molecule has 1 N–H and O–H groups in total. The number of hydrogen-bond donors (Lipinski definition) is 1. The number of amides is 2. The Morgan fingerprint density at radius 1 is 1.00 bits per heavy atom. The van der Waals surface area contributed by atoms with Crippen LogP contribution in [0.25, 0.3) is 0 Å². The van der Waals surface area contributed by atoms with E-state index < -0.39 is 0 Å². The van der Waals surface area contributed by atoms with Crippen LogP contribution in [-0.2, 0) is 16.0 Å². The van der Waals surface area contributed by atoms with E-state index in [-0.39, 0.29) is 17.7 Å². The topological polar surface area (TPSA) is 65.5 Å². The quantitative estimate of drug-likeness (QED) is 0.818. The first-order valence-corrected chi connectivity index (χ1v) is 11.8. The van der Waals surface area contributed by atoms with Crippen molar-refractivity contribution >= 4 is 28.3 Å². The first kappa shape index (κ1) is 19.8. The van der Waals surface area contributed by atoms with Crippen LogP contribution in [0.5, 0.6) is 0 Å². The lowest BCUT2D eigenvalue weighted by atomic mass is 9.94. The average Bonchev–Trinajstić information content (AvgIpc) is 3.41. The summed E-state index contributed by atoms with van der Waals surface area (Å²) in [7, 11) is 0. The maximum Gasteiger partial charge on any atom is 0.229 e. The predicted molar refractivity (Wildman–Crippen MR) is 111 cm³/mol. The van der Waals surface area contributed by atoms with Gasteiger partial charge in [-0.1, -0.05) is 32.1 Å². The maximum absolute atomic E-state index is 12.7. The lowest BCUT2D eigenvalue weighted by Gasteiger charge is -2.40. The van der Waals surface area contributed by atoms with Crippen LogP contribution < -0.4 is 5.32 Å². The van der Waals surface area contributed by atoms with Gasteiger partial charge in [-0.05, 0) is 25.7 Å². The summed E-state index contributed by atoms with van der Waals surface area (Å²) < 4.78 is 0. The number of anilines is 1. The molecule has 0 radical (unpaired) electrons. The number of nitrogens with zero attached hydrogens (tertiary/aromatic N) is 3. The fourth-order valence-electron chi connectivity index (χ4n) is 4.89. The van der Waals surface area contributed by atoms with Crippen LogP contribution in [0.3, 0.4) is 0 Å². The van der Waals surface area contributed by atoms with Crippen LogP contribution in [0.15, 0.2) is 5.38 Å². The van der Waals surface area contributed by atoms with Gasteiger partial charge in [0.15, 0.2) is 5.13 Å². The summed E-state index contributed by atoms with van der Waals surface area (Å²) in [6.07, 6.45) is 11.3. The number of thiazole rings is 1. The van der Waals surface area contributed by atoms with Gasteiger partial charge in [-0.25, -0.2) is 4.98 Å². The van der Waals surface area contributed by atoms with Gasteiger partial charge in [-0.15, -0.1) is 11.3 Å². The highest BCUT2D eigenvalue weighted by molar-refractivity contribution is 7.13. The van der Waals surface area contributed by atoms with Crippen molar-refractivity contribution in [3.8, 4) is 0 Å². The van der Waals surface area contributed by atoms with Crippen molar-refractivity contribution in [2.24, 2.45) is 5.92 Å². The Morgan fingerprint density at radius 3 is 2.39 bits per heavy atom. The summed E-state index contributed by atoms with van der Waals surface area (Å²) in [5.41, 5.74) is 0.770. The monoisotopic (exact) mass is 404 g/mol. The molecule has 1 aromatic heterocycles. The largest absolute Gasteiger partial charge is 0.340 e. The predicted octanol–water partition coefficient (Wildman–Crippen LogP) is 3.29. The average molecular weight is 405 g/mol. The second-order valence-electron chi connectivity index (χ2n) is 8.50. The van der Waals surface area contributed by atoms with Gasteiger partial charge in [0, 0.05) is 43.5 Å². The molecule has 0 aromatic carbocycles. The lowest BCUT2D eigenvalue weighted by molar-refractivity contribution is -0.132. The summed E-state index contributed by atoms with van der Waals surface area (Å²) in [4.78, 5) is 33.9. The summed E-state index contributed by atoms with van der Waals surface area (Å²) in [6, 6.07) is 0.732. The van der Waals surface area contributed by atoms with Crippen LogP contribution in [0, 0.1) is 5.92 Å². The standard InChI is InChI=1S/C21H32N4O2S/c26-19(25-12-10-24(11-13-25)18-8-2-1-3-9-18)14-17-15-28-21(22-17)23-20(27)16-6-4-5-7-16/h15-16,18H,1-14H2,(H,22,23,27). The van der Waals surface area contributed by atoms with E-state index in [4.69, 9.17) is 0 Å². The van der Waals surface area contributed by atoms with E-state index in [2.05, 4.69) is 15.2 Å². The van der Waals surface area contributed by atoms with Gasteiger partial charge in [0.05, 0.1) is 12.1 Å². The Balaban J connectivity index is 1.23. The number of carbonyl (C=O) groups is 2. The normalized spacial score (nSPS) is 22.5. The van der Waals surface area contributed by atoms with Crippen LogP contribution in [0.1, 0.15) is 63.5 Å². The molecule has 2 aliphatic carbocycles. The molecule has 2 heterocycles. The smallest absolute Gasteiger partial charge is 0.229 e. The van der Waals surface area contributed by atoms with E-state index in [1.165, 1.54) is 43.4 Å². The van der Waals surface area contributed by atoms with Gasteiger partial charge in [-0.3, -0.25) is 14.5 Å². The third-order valence-corrected chi connectivity index (χ3v) is 7.40. The SMILES string of the molecule is O=C(Nc1nc(CC(=O)N2CCN(C3CCCCC3)CC2)cs1)C1CCCC1.